The maximum atomic E-state index is 13.4. The number of nitrogens with one attached hydrogen (secondary N) is 1. The quantitative estimate of drug-likeness (QED) is 0.549. The molecule has 8 nitrogen and oxygen atoms in total. The van der Waals surface area contributed by atoms with Crippen LogP contribution in [0.4, 0.5) is 5.69 Å². The zero-order valence-electron chi connectivity index (χ0n) is 20.7. The van der Waals surface area contributed by atoms with Gasteiger partial charge in [0.15, 0.2) is 0 Å². The van der Waals surface area contributed by atoms with Crippen molar-refractivity contribution < 1.29 is 19.2 Å². The number of benzene rings is 2. The number of aliphatic hydroxyl groups is 1. The highest BCUT2D eigenvalue weighted by Gasteiger charge is 2.44. The lowest BCUT2D eigenvalue weighted by Gasteiger charge is -2.33. The molecule has 0 aliphatic rings. The molecule has 3 aromatic rings. The molecule has 0 aliphatic carbocycles. The van der Waals surface area contributed by atoms with Gasteiger partial charge >= 0.3 is 5.63 Å². The van der Waals surface area contributed by atoms with Crippen molar-refractivity contribution in [1.29, 1.82) is 0 Å². The molecular formula is C27H29N3O5. The van der Waals surface area contributed by atoms with E-state index in [9.17, 15) is 19.5 Å². The third-order valence-corrected chi connectivity index (χ3v) is 5.68. The molecule has 1 heterocycles. The van der Waals surface area contributed by atoms with E-state index in [0.717, 1.165) is 5.56 Å². The average Bonchev–Trinajstić information content (AvgIpc) is 2.80. The molecule has 0 aliphatic heterocycles. The minimum atomic E-state index is -2.18. The van der Waals surface area contributed by atoms with Crippen molar-refractivity contribution in [2.24, 2.45) is 5.41 Å². The van der Waals surface area contributed by atoms with E-state index in [-0.39, 0.29) is 12.3 Å². The Morgan fingerprint density at radius 2 is 1.74 bits per heavy atom. The minimum Gasteiger partial charge on any atom is -0.369 e. The van der Waals surface area contributed by atoms with Crippen LogP contribution in [0.2, 0.25) is 0 Å². The van der Waals surface area contributed by atoms with Gasteiger partial charge in [0.05, 0.1) is 11.1 Å². The first-order chi connectivity index (χ1) is 16.3. The summed E-state index contributed by atoms with van der Waals surface area (Å²) < 4.78 is 4.74. The lowest BCUT2D eigenvalue weighted by molar-refractivity contribution is -0.143. The second-order valence-electron chi connectivity index (χ2n) is 9.51. The Morgan fingerprint density at radius 1 is 1.09 bits per heavy atom. The van der Waals surface area contributed by atoms with E-state index < -0.39 is 22.5 Å². The van der Waals surface area contributed by atoms with Gasteiger partial charge in [-0.15, -0.1) is 0 Å². The number of anilines is 1. The van der Waals surface area contributed by atoms with Crippen LogP contribution >= 0.6 is 0 Å². The fourth-order valence-electron chi connectivity index (χ4n) is 3.86. The van der Waals surface area contributed by atoms with Gasteiger partial charge in [0.1, 0.15) is 0 Å². The van der Waals surface area contributed by atoms with E-state index in [1.54, 1.807) is 53.1 Å². The van der Waals surface area contributed by atoms with Gasteiger partial charge in [-0.25, -0.2) is 4.79 Å². The number of nitrogens with zero attached hydrogens (tertiary/aromatic N) is 2. The zero-order valence-corrected chi connectivity index (χ0v) is 20.7. The molecular weight excluding hydrogens is 446 g/mol. The number of amides is 2. The van der Waals surface area contributed by atoms with E-state index >= 15 is 0 Å². The number of rotatable bonds is 5. The first-order valence-electron chi connectivity index (χ1n) is 11.1. The van der Waals surface area contributed by atoms with Crippen LogP contribution in [0.15, 0.2) is 51.8 Å². The molecule has 0 fully saturated rings. The van der Waals surface area contributed by atoms with Crippen LogP contribution < -0.4 is 10.9 Å². The van der Waals surface area contributed by atoms with Gasteiger partial charge in [-0.3, -0.25) is 9.59 Å². The van der Waals surface area contributed by atoms with Crippen molar-refractivity contribution in [2.45, 2.75) is 39.7 Å². The van der Waals surface area contributed by atoms with Gasteiger partial charge in [0.25, 0.3) is 5.91 Å². The lowest BCUT2D eigenvalue weighted by Crippen LogP contribution is -2.49. The zero-order chi connectivity index (χ0) is 26.0. The maximum Gasteiger partial charge on any atom is 0.366 e. The highest BCUT2D eigenvalue weighted by atomic mass is 16.5. The highest BCUT2D eigenvalue weighted by molar-refractivity contribution is 6.01. The average molecular weight is 476 g/mol. The molecule has 1 atom stereocenters. The molecule has 182 valence electrons. The molecule has 1 aromatic heterocycles. The predicted octanol–water partition coefficient (Wildman–Crippen LogP) is 3.03. The summed E-state index contributed by atoms with van der Waals surface area (Å²) in [7, 11) is 3.23. The van der Waals surface area contributed by atoms with Gasteiger partial charge in [0, 0.05) is 42.6 Å². The lowest BCUT2D eigenvalue weighted by atomic mass is 9.78. The molecule has 0 saturated carbocycles. The van der Waals surface area contributed by atoms with Crippen molar-refractivity contribution >= 4 is 28.3 Å². The summed E-state index contributed by atoms with van der Waals surface area (Å²) in [4.78, 5) is 39.5. The Kier molecular flexibility index (Phi) is 7.13. The van der Waals surface area contributed by atoms with Gasteiger partial charge in [-0.1, -0.05) is 48.5 Å². The van der Waals surface area contributed by atoms with Gasteiger partial charge in [0.2, 0.25) is 11.5 Å². The van der Waals surface area contributed by atoms with Crippen LogP contribution in [-0.2, 0) is 9.59 Å². The summed E-state index contributed by atoms with van der Waals surface area (Å²) >= 11 is 0. The maximum absolute atomic E-state index is 13.4. The normalized spacial score (nSPS) is 12.9. The largest absolute Gasteiger partial charge is 0.369 e. The van der Waals surface area contributed by atoms with E-state index in [2.05, 4.69) is 22.3 Å². The fraction of sp³-hybridized carbons (Fsp3) is 0.333. The van der Waals surface area contributed by atoms with Crippen molar-refractivity contribution in [3.8, 4) is 11.8 Å². The van der Waals surface area contributed by atoms with Crippen molar-refractivity contribution in [2.75, 3.05) is 19.4 Å². The number of carbonyl (C=O) groups excluding carboxylic acids is 2. The molecule has 2 N–H and O–H groups in total. The SMILES string of the molecule is Cc1ccc(C#CC(O)(CC(C)(C)C(=O)N(C)C)C(=O)Nc2ccc3c(=O)onc(C)c3c2)cc1. The number of hydrogen-bond donors (Lipinski definition) is 2. The third kappa shape index (κ3) is 5.76. The summed E-state index contributed by atoms with van der Waals surface area (Å²) in [5, 5.41) is 18.7. The minimum absolute atomic E-state index is 0.237. The molecule has 1 unspecified atom stereocenters. The summed E-state index contributed by atoms with van der Waals surface area (Å²) in [5.74, 6) is 4.53. The summed E-state index contributed by atoms with van der Waals surface area (Å²) in [6.45, 7) is 6.94. The molecule has 2 amide bonds. The van der Waals surface area contributed by atoms with Crippen LogP contribution in [-0.4, -0.2) is 46.7 Å². The topological polar surface area (TPSA) is 113 Å². The molecule has 8 heteroatoms. The van der Waals surface area contributed by atoms with Crippen LogP contribution in [0.3, 0.4) is 0 Å². The standard InChI is InChI=1S/C27H29N3O5/c1-17-7-9-19(10-8-17)13-14-27(34,16-26(3,4)25(33)30(5)6)24(32)28-20-11-12-21-22(15-20)18(2)29-35-23(21)31/h7-12,15,34H,16H2,1-6H3,(H,28,32). The summed E-state index contributed by atoms with van der Waals surface area (Å²) in [6, 6.07) is 12.0. The molecule has 0 bridgehead atoms. The molecule has 0 spiro atoms. The van der Waals surface area contributed by atoms with Crippen LogP contribution in [0.5, 0.6) is 0 Å². The van der Waals surface area contributed by atoms with E-state index in [4.69, 9.17) is 4.52 Å². The van der Waals surface area contributed by atoms with Crippen LogP contribution in [0.25, 0.3) is 10.8 Å². The monoisotopic (exact) mass is 475 g/mol. The first-order valence-corrected chi connectivity index (χ1v) is 11.1. The van der Waals surface area contributed by atoms with Crippen LogP contribution in [0, 0.1) is 31.1 Å². The Balaban J connectivity index is 2.01. The number of carbonyl (C=O) groups is 2. The number of fused-ring (bicyclic) bond motifs is 1. The molecule has 3 rings (SSSR count). The summed E-state index contributed by atoms with van der Waals surface area (Å²) in [5.41, 5.74) is -1.37. The second-order valence-corrected chi connectivity index (χ2v) is 9.51. The van der Waals surface area contributed by atoms with E-state index in [1.165, 1.54) is 17.0 Å². The number of aromatic nitrogens is 1. The number of hydrogen-bond acceptors (Lipinski definition) is 6. The van der Waals surface area contributed by atoms with E-state index in [0.29, 0.717) is 27.7 Å². The van der Waals surface area contributed by atoms with E-state index in [1.807, 2.05) is 19.1 Å². The molecule has 0 saturated heterocycles. The summed E-state index contributed by atoms with van der Waals surface area (Å²) in [6.07, 6.45) is -0.237. The smallest absolute Gasteiger partial charge is 0.366 e. The van der Waals surface area contributed by atoms with Gasteiger partial charge in [-0.2, -0.15) is 0 Å². The second kappa shape index (κ2) is 9.72. The van der Waals surface area contributed by atoms with Gasteiger partial charge in [-0.05, 0) is 44.2 Å². The Morgan fingerprint density at radius 3 is 2.37 bits per heavy atom. The Bertz CT molecular complexity index is 1390. The van der Waals surface area contributed by atoms with Gasteiger partial charge < -0.3 is 19.8 Å². The van der Waals surface area contributed by atoms with Crippen LogP contribution in [0.1, 0.15) is 37.1 Å². The van der Waals surface area contributed by atoms with Crippen molar-refractivity contribution in [1.82, 2.24) is 10.1 Å². The highest BCUT2D eigenvalue weighted by Crippen LogP contribution is 2.31. The fourth-order valence-corrected chi connectivity index (χ4v) is 3.86. The first kappa shape index (κ1) is 25.7. The Hall–Kier alpha value is -3.96. The Labute approximate surface area is 203 Å². The van der Waals surface area contributed by atoms with Crippen molar-refractivity contribution in [3.63, 3.8) is 0 Å². The molecule has 2 aromatic carbocycles. The number of aryl methyl sites for hydroxylation is 2. The predicted molar refractivity (Wildman–Crippen MR) is 134 cm³/mol. The molecule has 35 heavy (non-hydrogen) atoms. The third-order valence-electron chi connectivity index (χ3n) is 5.68. The van der Waals surface area contributed by atoms with Crippen molar-refractivity contribution in [3.05, 3.63) is 69.7 Å². The molecule has 0 radical (unpaired) electrons.